The maximum Gasteiger partial charge on any atom is 0.251 e. The Morgan fingerprint density at radius 3 is 2.47 bits per heavy atom. The Morgan fingerprint density at radius 2 is 1.93 bits per heavy atom. The molecule has 1 aromatic rings. The maximum atomic E-state index is 9.07. The number of halogens is 1. The van der Waals surface area contributed by atoms with Crippen molar-refractivity contribution in [3.8, 4) is 11.5 Å². The van der Waals surface area contributed by atoms with E-state index >= 15 is 0 Å². The molecule has 0 atom stereocenters. The number of hydrogen-bond donors (Lipinski definition) is 1. The lowest BCUT2D eigenvalue weighted by atomic mass is 9.91. The first kappa shape index (κ1) is 9.31. The van der Waals surface area contributed by atoms with Crippen molar-refractivity contribution >= 4 is 11.6 Å². The van der Waals surface area contributed by atoms with Gasteiger partial charge in [-0.2, -0.15) is 0 Å². The third-order valence-corrected chi connectivity index (χ3v) is 3.34. The van der Waals surface area contributed by atoms with Crippen LogP contribution in [0.2, 0.25) is 5.02 Å². The average molecular weight is 227 g/mol. The predicted octanol–water partition coefficient (Wildman–Crippen LogP) is 2.48. The van der Waals surface area contributed by atoms with Crippen LogP contribution in [0.25, 0.3) is 0 Å². The average Bonchev–Trinajstić information content (AvgIpc) is 2.54. The van der Waals surface area contributed by atoms with Gasteiger partial charge >= 0.3 is 0 Å². The molecule has 80 valence electrons. The van der Waals surface area contributed by atoms with Crippen LogP contribution >= 0.6 is 11.6 Å². The molecule has 1 saturated carbocycles. The summed E-state index contributed by atoms with van der Waals surface area (Å²) < 4.78 is 11.5. The highest BCUT2D eigenvalue weighted by Gasteiger charge is 2.47. The van der Waals surface area contributed by atoms with Crippen LogP contribution in [0.1, 0.15) is 24.8 Å². The Labute approximate surface area is 92.6 Å². The van der Waals surface area contributed by atoms with Gasteiger partial charge in [0, 0.05) is 18.9 Å². The van der Waals surface area contributed by atoms with E-state index in [2.05, 4.69) is 0 Å². The van der Waals surface area contributed by atoms with Crippen molar-refractivity contribution in [2.24, 2.45) is 0 Å². The van der Waals surface area contributed by atoms with Crippen molar-refractivity contribution in [1.29, 1.82) is 0 Å². The lowest BCUT2D eigenvalue weighted by Gasteiger charge is -2.35. The molecule has 0 aromatic heterocycles. The first-order chi connectivity index (χ1) is 7.22. The molecule has 0 saturated heterocycles. The van der Waals surface area contributed by atoms with Gasteiger partial charge in [0.05, 0.1) is 11.6 Å². The Morgan fingerprint density at radius 1 is 1.27 bits per heavy atom. The predicted molar refractivity (Wildman–Crippen MR) is 55.2 cm³/mol. The minimum Gasteiger partial charge on any atom is -0.448 e. The molecule has 1 N–H and O–H groups in total. The summed E-state index contributed by atoms with van der Waals surface area (Å²) in [4.78, 5) is 0. The van der Waals surface area contributed by atoms with Gasteiger partial charge in [0.2, 0.25) is 0 Å². The molecular formula is C11H11ClO3. The summed E-state index contributed by atoms with van der Waals surface area (Å²) in [6, 6.07) is 3.47. The van der Waals surface area contributed by atoms with Gasteiger partial charge in [-0.05, 0) is 18.1 Å². The molecule has 1 aromatic carbocycles. The molecule has 0 bridgehead atoms. The molecule has 15 heavy (non-hydrogen) atoms. The van der Waals surface area contributed by atoms with Crippen LogP contribution in [-0.2, 0) is 6.61 Å². The molecule has 4 heteroatoms. The smallest absolute Gasteiger partial charge is 0.251 e. The highest BCUT2D eigenvalue weighted by Crippen LogP contribution is 2.49. The fraction of sp³-hybridized carbons (Fsp3) is 0.455. The van der Waals surface area contributed by atoms with E-state index in [-0.39, 0.29) is 6.61 Å². The van der Waals surface area contributed by atoms with E-state index in [1.54, 1.807) is 12.1 Å². The highest BCUT2D eigenvalue weighted by molar-refractivity contribution is 6.31. The molecule has 1 aliphatic carbocycles. The van der Waals surface area contributed by atoms with Gasteiger partial charge < -0.3 is 14.6 Å². The normalized spacial score (nSPS) is 20.4. The van der Waals surface area contributed by atoms with Gasteiger partial charge in [0.25, 0.3) is 5.79 Å². The topological polar surface area (TPSA) is 38.7 Å². The van der Waals surface area contributed by atoms with Crippen LogP contribution in [0.4, 0.5) is 0 Å². The number of ether oxygens (including phenoxy) is 2. The summed E-state index contributed by atoms with van der Waals surface area (Å²) in [5.74, 6) is 0.958. The molecule has 1 aliphatic heterocycles. The van der Waals surface area contributed by atoms with Crippen molar-refractivity contribution in [3.05, 3.63) is 22.7 Å². The molecular weight excluding hydrogens is 216 g/mol. The summed E-state index contributed by atoms with van der Waals surface area (Å²) in [7, 11) is 0. The van der Waals surface area contributed by atoms with Gasteiger partial charge in [0.1, 0.15) is 0 Å². The lowest BCUT2D eigenvalue weighted by Crippen LogP contribution is -2.45. The zero-order valence-electron chi connectivity index (χ0n) is 8.12. The largest absolute Gasteiger partial charge is 0.448 e. The van der Waals surface area contributed by atoms with Gasteiger partial charge in [-0.15, -0.1) is 0 Å². The van der Waals surface area contributed by atoms with Crippen LogP contribution < -0.4 is 9.47 Å². The van der Waals surface area contributed by atoms with Crippen LogP contribution in [0.15, 0.2) is 12.1 Å². The third kappa shape index (κ3) is 1.30. The van der Waals surface area contributed by atoms with Crippen molar-refractivity contribution in [2.75, 3.05) is 0 Å². The minimum absolute atomic E-state index is 0.0809. The van der Waals surface area contributed by atoms with E-state index in [4.69, 9.17) is 26.2 Å². The molecule has 1 spiro atoms. The number of hydrogen-bond acceptors (Lipinski definition) is 3. The first-order valence-electron chi connectivity index (χ1n) is 5.04. The summed E-state index contributed by atoms with van der Waals surface area (Å²) in [5, 5.41) is 9.59. The number of fused-ring (bicyclic) bond motifs is 1. The van der Waals surface area contributed by atoms with E-state index in [1.807, 2.05) is 0 Å². The van der Waals surface area contributed by atoms with Gasteiger partial charge in [-0.1, -0.05) is 11.6 Å². The molecule has 2 aliphatic rings. The molecule has 1 heterocycles. The second-order valence-corrected chi connectivity index (χ2v) is 4.42. The fourth-order valence-electron chi connectivity index (χ4n) is 1.95. The quantitative estimate of drug-likeness (QED) is 0.800. The molecule has 0 unspecified atom stereocenters. The number of rotatable bonds is 1. The Hall–Kier alpha value is -0.930. The monoisotopic (exact) mass is 226 g/mol. The van der Waals surface area contributed by atoms with E-state index < -0.39 is 5.79 Å². The number of benzene rings is 1. The van der Waals surface area contributed by atoms with Crippen LogP contribution in [0.5, 0.6) is 11.5 Å². The van der Waals surface area contributed by atoms with Crippen LogP contribution in [0, 0.1) is 0 Å². The van der Waals surface area contributed by atoms with Gasteiger partial charge in [-0.3, -0.25) is 0 Å². The van der Waals surface area contributed by atoms with Crippen molar-refractivity contribution in [1.82, 2.24) is 0 Å². The molecule has 3 nitrogen and oxygen atoms in total. The number of aliphatic hydroxyl groups is 1. The molecule has 0 radical (unpaired) electrons. The zero-order chi connectivity index (χ0) is 10.5. The van der Waals surface area contributed by atoms with Crippen LogP contribution in [0.3, 0.4) is 0 Å². The molecule has 0 amide bonds. The zero-order valence-corrected chi connectivity index (χ0v) is 8.88. The summed E-state index contributed by atoms with van der Waals surface area (Å²) >= 11 is 5.97. The van der Waals surface area contributed by atoms with Gasteiger partial charge in [0.15, 0.2) is 11.5 Å². The third-order valence-electron chi connectivity index (χ3n) is 2.99. The summed E-state index contributed by atoms with van der Waals surface area (Å²) in [6.45, 7) is -0.0809. The van der Waals surface area contributed by atoms with Crippen molar-refractivity contribution in [3.63, 3.8) is 0 Å². The molecule has 3 rings (SSSR count). The Kier molecular flexibility index (Phi) is 1.88. The van der Waals surface area contributed by atoms with Gasteiger partial charge in [-0.25, -0.2) is 0 Å². The Bertz CT molecular complexity index is 413. The number of aliphatic hydroxyl groups excluding tert-OH is 1. The second kappa shape index (κ2) is 3.03. The van der Waals surface area contributed by atoms with E-state index in [1.165, 1.54) is 0 Å². The lowest BCUT2D eigenvalue weighted by molar-refractivity contribution is -0.138. The maximum absolute atomic E-state index is 9.07. The molecule has 1 fully saturated rings. The van der Waals surface area contributed by atoms with E-state index in [9.17, 15) is 0 Å². The summed E-state index contributed by atoms with van der Waals surface area (Å²) in [6.07, 6.45) is 2.98. The fourth-order valence-corrected chi connectivity index (χ4v) is 2.16. The highest BCUT2D eigenvalue weighted by atomic mass is 35.5. The van der Waals surface area contributed by atoms with Crippen molar-refractivity contribution in [2.45, 2.75) is 31.7 Å². The minimum atomic E-state index is -0.431. The van der Waals surface area contributed by atoms with E-state index in [0.717, 1.165) is 19.3 Å². The Balaban J connectivity index is 1.99. The standard InChI is InChI=1S/C11H11ClO3/c12-8-5-10-9(4-7(8)6-13)14-11(15-10)2-1-3-11/h4-5,13H,1-3,6H2. The first-order valence-corrected chi connectivity index (χ1v) is 5.42. The van der Waals surface area contributed by atoms with Crippen molar-refractivity contribution < 1.29 is 14.6 Å². The summed E-state index contributed by atoms with van der Waals surface area (Å²) in [5.41, 5.74) is 0.676. The van der Waals surface area contributed by atoms with Crippen LogP contribution in [-0.4, -0.2) is 10.9 Å². The van der Waals surface area contributed by atoms with E-state index in [0.29, 0.717) is 22.1 Å². The second-order valence-electron chi connectivity index (χ2n) is 4.02. The SMILES string of the molecule is OCc1cc2c(cc1Cl)OC1(CCC1)O2.